The first-order valence-electron chi connectivity index (χ1n) is 9.27. The molecule has 0 aliphatic carbocycles. The number of carbonyl (C=O) groups excluding carboxylic acids is 1. The van der Waals surface area contributed by atoms with Crippen LogP contribution in [0.15, 0.2) is 75.3 Å². The number of nitro groups is 1. The lowest BCUT2D eigenvalue weighted by Gasteiger charge is -2.20. The monoisotopic (exact) mass is 406 g/mol. The van der Waals surface area contributed by atoms with Crippen LogP contribution in [0.25, 0.3) is 0 Å². The number of hydrogen-bond donors (Lipinski definition) is 0. The summed E-state index contributed by atoms with van der Waals surface area (Å²) in [6, 6.07) is 13.0. The summed E-state index contributed by atoms with van der Waals surface area (Å²) < 4.78 is 6.51. The molecule has 0 radical (unpaired) electrons. The van der Waals surface area contributed by atoms with E-state index in [0.717, 1.165) is 39.7 Å². The third kappa shape index (κ3) is 3.77. The van der Waals surface area contributed by atoms with Crippen molar-refractivity contribution in [1.82, 2.24) is 9.58 Å². The van der Waals surface area contributed by atoms with Crippen molar-refractivity contribution in [3.05, 3.63) is 98.3 Å². The smallest absolute Gasteiger partial charge is 0.285 e. The van der Waals surface area contributed by atoms with Crippen LogP contribution in [0, 0.1) is 17.0 Å². The van der Waals surface area contributed by atoms with Crippen LogP contribution in [0.3, 0.4) is 0 Å². The molecule has 1 atom stereocenters. The summed E-state index contributed by atoms with van der Waals surface area (Å²) in [5.41, 5.74) is 1.94. The fraction of sp³-hybridized carbons (Fsp3) is 0.190. The Bertz CT molecular complexity index is 1180. The van der Waals surface area contributed by atoms with Crippen LogP contribution in [0.2, 0.25) is 0 Å². The molecule has 1 aliphatic heterocycles. The van der Waals surface area contributed by atoms with Gasteiger partial charge in [-0.25, -0.2) is 5.01 Å². The molecule has 0 spiro atoms. The van der Waals surface area contributed by atoms with Gasteiger partial charge in [-0.2, -0.15) is 5.10 Å². The summed E-state index contributed by atoms with van der Waals surface area (Å²) in [7, 11) is 0. The van der Waals surface area contributed by atoms with Crippen LogP contribution in [-0.4, -0.2) is 26.1 Å². The zero-order chi connectivity index (χ0) is 21.3. The summed E-state index contributed by atoms with van der Waals surface area (Å²) in [5, 5.41) is 16.8. The van der Waals surface area contributed by atoms with E-state index in [1.165, 1.54) is 11.3 Å². The minimum Gasteiger partial charge on any atom is -0.467 e. The van der Waals surface area contributed by atoms with Crippen molar-refractivity contribution in [2.75, 3.05) is 0 Å². The number of hydrogen-bond acceptors (Lipinski definition) is 6. The van der Waals surface area contributed by atoms with Crippen molar-refractivity contribution in [2.24, 2.45) is 5.10 Å². The van der Waals surface area contributed by atoms with E-state index < -0.39 is 22.4 Å². The first-order valence-corrected chi connectivity index (χ1v) is 9.27. The molecule has 0 saturated carbocycles. The molecule has 0 N–H and O–H groups in total. The zero-order valence-electron chi connectivity index (χ0n) is 16.1. The van der Waals surface area contributed by atoms with Gasteiger partial charge in [0.15, 0.2) is 0 Å². The van der Waals surface area contributed by atoms with Crippen LogP contribution in [0.4, 0.5) is 5.69 Å². The average Bonchev–Trinajstić information content (AvgIpc) is 3.39. The molecule has 3 aromatic rings. The standard InChI is InChI=1S/C21H18N4O5/c1-14-4-6-15(7-5-14)17-11-18(19-3-2-10-30-19)24(22-17)21(27)13-23-12-16(25(28)29)8-9-20(23)26/h2-10,12,18H,11,13H2,1H3/t18-/m1/s1. The number of benzene rings is 1. The third-order valence-electron chi connectivity index (χ3n) is 4.91. The summed E-state index contributed by atoms with van der Waals surface area (Å²) in [4.78, 5) is 35.5. The zero-order valence-corrected chi connectivity index (χ0v) is 16.1. The van der Waals surface area contributed by atoms with E-state index in [-0.39, 0.29) is 12.2 Å². The number of nitrogens with zero attached hydrogens (tertiary/aromatic N) is 4. The quantitative estimate of drug-likeness (QED) is 0.478. The fourth-order valence-corrected chi connectivity index (χ4v) is 3.33. The third-order valence-corrected chi connectivity index (χ3v) is 4.91. The SMILES string of the molecule is Cc1ccc(C2=NN(C(=O)Cn3cc([N+](=O)[O-])ccc3=O)[C@@H](c3ccco3)C2)cc1. The summed E-state index contributed by atoms with van der Waals surface area (Å²) in [5.74, 6) is 0.0988. The number of furan rings is 1. The van der Waals surface area contributed by atoms with Crippen LogP contribution in [0.5, 0.6) is 0 Å². The molecule has 9 heteroatoms. The topological polar surface area (TPSA) is 111 Å². The Labute approximate surface area is 171 Å². The van der Waals surface area contributed by atoms with Gasteiger partial charge in [0.25, 0.3) is 17.2 Å². The van der Waals surface area contributed by atoms with E-state index in [1.54, 1.807) is 12.1 Å². The molecule has 4 rings (SSSR count). The van der Waals surface area contributed by atoms with Crippen molar-refractivity contribution in [3.63, 3.8) is 0 Å². The maximum atomic E-state index is 13.0. The molecule has 0 bridgehead atoms. The molecule has 9 nitrogen and oxygen atoms in total. The molecule has 3 heterocycles. The Balaban J connectivity index is 1.66. The lowest BCUT2D eigenvalue weighted by Crippen LogP contribution is -2.33. The van der Waals surface area contributed by atoms with Gasteiger partial charge in [-0.1, -0.05) is 29.8 Å². The predicted octanol–water partition coefficient (Wildman–Crippen LogP) is 3.04. The maximum Gasteiger partial charge on any atom is 0.285 e. The number of hydrazone groups is 1. The normalized spacial score (nSPS) is 15.8. The highest BCUT2D eigenvalue weighted by Gasteiger charge is 2.35. The largest absolute Gasteiger partial charge is 0.467 e. The van der Waals surface area contributed by atoms with Gasteiger partial charge < -0.3 is 4.42 Å². The second kappa shape index (κ2) is 7.78. The van der Waals surface area contributed by atoms with Crippen LogP contribution in [-0.2, 0) is 11.3 Å². The molecule has 0 fully saturated rings. The molecule has 1 aromatic carbocycles. The Morgan fingerprint density at radius 3 is 2.67 bits per heavy atom. The first kappa shape index (κ1) is 19.3. The summed E-state index contributed by atoms with van der Waals surface area (Å²) >= 11 is 0. The average molecular weight is 406 g/mol. The molecule has 0 saturated heterocycles. The Morgan fingerprint density at radius 2 is 2.00 bits per heavy atom. The highest BCUT2D eigenvalue weighted by atomic mass is 16.6. The highest BCUT2D eigenvalue weighted by molar-refractivity contribution is 6.03. The van der Waals surface area contributed by atoms with Crippen molar-refractivity contribution in [1.29, 1.82) is 0 Å². The van der Waals surface area contributed by atoms with E-state index in [1.807, 2.05) is 31.2 Å². The van der Waals surface area contributed by atoms with Gasteiger partial charge in [-0.05, 0) is 24.6 Å². The van der Waals surface area contributed by atoms with Crippen molar-refractivity contribution in [3.8, 4) is 0 Å². The minimum atomic E-state index is -0.616. The molecule has 30 heavy (non-hydrogen) atoms. The lowest BCUT2D eigenvalue weighted by molar-refractivity contribution is -0.385. The van der Waals surface area contributed by atoms with Crippen LogP contribution < -0.4 is 5.56 Å². The van der Waals surface area contributed by atoms with E-state index in [2.05, 4.69) is 5.10 Å². The lowest BCUT2D eigenvalue weighted by atomic mass is 10.0. The summed E-state index contributed by atoms with van der Waals surface area (Å²) in [6.07, 6.45) is 3.03. The van der Waals surface area contributed by atoms with E-state index >= 15 is 0 Å². The number of rotatable bonds is 5. The van der Waals surface area contributed by atoms with Gasteiger partial charge in [0.2, 0.25) is 0 Å². The van der Waals surface area contributed by atoms with Gasteiger partial charge >= 0.3 is 0 Å². The molecular formula is C21H18N4O5. The van der Waals surface area contributed by atoms with Crippen molar-refractivity contribution >= 4 is 17.3 Å². The molecule has 2 aromatic heterocycles. The Kier molecular flexibility index (Phi) is 5.01. The molecule has 1 amide bonds. The van der Waals surface area contributed by atoms with Gasteiger partial charge in [0.1, 0.15) is 18.3 Å². The van der Waals surface area contributed by atoms with E-state index in [9.17, 15) is 19.7 Å². The van der Waals surface area contributed by atoms with Crippen molar-refractivity contribution in [2.45, 2.75) is 25.9 Å². The van der Waals surface area contributed by atoms with Crippen molar-refractivity contribution < 1.29 is 14.1 Å². The minimum absolute atomic E-state index is 0.268. The van der Waals surface area contributed by atoms with Crippen LogP contribution >= 0.6 is 0 Å². The predicted molar refractivity (Wildman–Crippen MR) is 108 cm³/mol. The van der Waals surface area contributed by atoms with Gasteiger partial charge in [-0.3, -0.25) is 24.3 Å². The fourth-order valence-electron chi connectivity index (χ4n) is 3.33. The summed E-state index contributed by atoms with van der Waals surface area (Å²) in [6.45, 7) is 1.61. The number of aryl methyl sites for hydroxylation is 1. The second-order valence-corrected chi connectivity index (χ2v) is 7.00. The molecule has 152 valence electrons. The number of aromatic nitrogens is 1. The maximum absolute atomic E-state index is 13.0. The number of amides is 1. The number of carbonyl (C=O) groups is 1. The molecule has 0 unspecified atom stereocenters. The van der Waals surface area contributed by atoms with E-state index in [4.69, 9.17) is 4.42 Å². The van der Waals surface area contributed by atoms with Gasteiger partial charge in [0.05, 0.1) is 23.1 Å². The molecular weight excluding hydrogens is 388 g/mol. The number of pyridine rings is 1. The van der Waals surface area contributed by atoms with Crippen LogP contribution in [0.1, 0.15) is 29.3 Å². The molecule has 1 aliphatic rings. The second-order valence-electron chi connectivity index (χ2n) is 7.00. The Morgan fingerprint density at radius 1 is 1.23 bits per heavy atom. The van der Waals surface area contributed by atoms with E-state index in [0.29, 0.717) is 12.2 Å². The van der Waals surface area contributed by atoms with Gasteiger partial charge in [0, 0.05) is 18.6 Å². The highest BCUT2D eigenvalue weighted by Crippen LogP contribution is 2.33. The van der Waals surface area contributed by atoms with Gasteiger partial charge in [-0.15, -0.1) is 0 Å². The first-order chi connectivity index (χ1) is 14.4. The Hall–Kier alpha value is -4.01.